The molecule has 0 N–H and O–H groups in total. The van der Waals surface area contributed by atoms with E-state index in [0.717, 1.165) is 55.5 Å². The smallest absolute Gasteiger partial charge is 0.161 e. The van der Waals surface area contributed by atoms with E-state index in [2.05, 4.69) is 29.2 Å². The highest BCUT2D eigenvalue weighted by Gasteiger charge is 2.41. The monoisotopic (exact) mass is 475 g/mol. The van der Waals surface area contributed by atoms with Crippen LogP contribution >= 0.6 is 12.4 Å². The van der Waals surface area contributed by atoms with Crippen LogP contribution < -0.4 is 18.9 Å². The Hall–Kier alpha value is -2.11. The van der Waals surface area contributed by atoms with Crippen molar-refractivity contribution in [3.63, 3.8) is 0 Å². The van der Waals surface area contributed by atoms with E-state index in [0.29, 0.717) is 0 Å². The van der Waals surface area contributed by atoms with E-state index in [-0.39, 0.29) is 17.8 Å². The Morgan fingerprint density at radius 3 is 2.09 bits per heavy atom. The van der Waals surface area contributed by atoms with Gasteiger partial charge in [-0.1, -0.05) is 25.3 Å². The highest BCUT2D eigenvalue weighted by molar-refractivity contribution is 5.85. The Labute approximate surface area is 204 Å². The zero-order chi connectivity index (χ0) is 22.6. The Morgan fingerprint density at radius 2 is 1.42 bits per heavy atom. The number of methoxy groups -OCH3 is 4. The second kappa shape index (κ2) is 11.3. The number of halogens is 1. The van der Waals surface area contributed by atoms with Gasteiger partial charge in [0.15, 0.2) is 23.0 Å². The minimum atomic E-state index is 0. The summed E-state index contributed by atoms with van der Waals surface area (Å²) in [6.45, 7) is 3.20. The Kier molecular flexibility index (Phi) is 8.77. The van der Waals surface area contributed by atoms with Crippen molar-refractivity contribution in [3.05, 3.63) is 47.0 Å². The largest absolute Gasteiger partial charge is 0.493 e. The van der Waals surface area contributed by atoms with Crippen LogP contribution in [-0.2, 0) is 18.4 Å². The minimum absolute atomic E-state index is 0. The fourth-order valence-electron chi connectivity index (χ4n) is 5.71. The lowest BCUT2D eigenvalue weighted by Crippen LogP contribution is -2.47. The molecule has 33 heavy (non-hydrogen) atoms. The second-order valence-electron chi connectivity index (χ2n) is 9.21. The standard InChI is InChI=1S/C27H37NO4.ClH/c1-29-23-11-10-20(15-24(23)30-2)9-8-14-28-18-21-16-25(31-3)26(32-4)17-22(21)27(19-28)12-6-5-7-13-27;/h10-11,15-17H,5-9,12-14,18-19H2,1-4H3;1H. The van der Waals surface area contributed by atoms with Gasteiger partial charge in [0, 0.05) is 18.5 Å². The first-order valence-corrected chi connectivity index (χ1v) is 11.8. The van der Waals surface area contributed by atoms with Gasteiger partial charge in [-0.15, -0.1) is 12.4 Å². The van der Waals surface area contributed by atoms with Crippen LogP contribution in [0.1, 0.15) is 55.2 Å². The highest BCUT2D eigenvalue weighted by Crippen LogP contribution is 2.47. The average Bonchev–Trinajstić information content (AvgIpc) is 2.83. The molecule has 5 nitrogen and oxygen atoms in total. The van der Waals surface area contributed by atoms with E-state index in [1.54, 1.807) is 28.4 Å². The van der Waals surface area contributed by atoms with Crippen molar-refractivity contribution in [2.24, 2.45) is 0 Å². The Morgan fingerprint density at radius 1 is 0.788 bits per heavy atom. The number of ether oxygens (including phenoxy) is 4. The summed E-state index contributed by atoms with van der Waals surface area (Å²) in [5.74, 6) is 3.29. The van der Waals surface area contributed by atoms with Crippen LogP contribution in [-0.4, -0.2) is 46.4 Å². The molecule has 2 aromatic carbocycles. The first-order chi connectivity index (χ1) is 15.6. The quantitative estimate of drug-likeness (QED) is 0.483. The van der Waals surface area contributed by atoms with E-state index >= 15 is 0 Å². The molecule has 1 saturated carbocycles. The summed E-state index contributed by atoms with van der Waals surface area (Å²) in [6, 6.07) is 10.7. The summed E-state index contributed by atoms with van der Waals surface area (Å²) in [6.07, 6.45) is 8.66. The molecule has 0 aromatic heterocycles. The third-order valence-electron chi connectivity index (χ3n) is 7.30. The first kappa shape index (κ1) is 25.5. The first-order valence-electron chi connectivity index (χ1n) is 11.8. The Balaban J connectivity index is 0.00000306. The van der Waals surface area contributed by atoms with E-state index in [1.165, 1.54) is 48.8 Å². The van der Waals surface area contributed by atoms with Crippen molar-refractivity contribution in [2.75, 3.05) is 41.5 Å². The summed E-state index contributed by atoms with van der Waals surface area (Å²) in [4.78, 5) is 2.65. The van der Waals surface area contributed by atoms with Gasteiger partial charge in [-0.25, -0.2) is 0 Å². The third kappa shape index (κ3) is 5.36. The molecule has 182 valence electrons. The molecule has 0 saturated heterocycles. The molecule has 0 amide bonds. The maximum atomic E-state index is 5.65. The van der Waals surface area contributed by atoms with Gasteiger partial charge in [0.05, 0.1) is 28.4 Å². The van der Waals surface area contributed by atoms with Crippen molar-refractivity contribution in [2.45, 2.75) is 56.9 Å². The van der Waals surface area contributed by atoms with Crippen molar-refractivity contribution < 1.29 is 18.9 Å². The van der Waals surface area contributed by atoms with Crippen LogP contribution in [0.4, 0.5) is 0 Å². The molecule has 1 fully saturated rings. The van der Waals surface area contributed by atoms with E-state index < -0.39 is 0 Å². The van der Waals surface area contributed by atoms with Crippen LogP contribution in [0, 0.1) is 0 Å². The molecule has 1 spiro atoms. The number of benzene rings is 2. The maximum absolute atomic E-state index is 5.65. The van der Waals surface area contributed by atoms with E-state index in [1.807, 2.05) is 6.07 Å². The number of hydrogen-bond donors (Lipinski definition) is 0. The van der Waals surface area contributed by atoms with Gasteiger partial charge < -0.3 is 18.9 Å². The summed E-state index contributed by atoms with van der Waals surface area (Å²) in [5, 5.41) is 0. The molecule has 2 aliphatic rings. The fraction of sp³-hybridized carbons (Fsp3) is 0.556. The van der Waals surface area contributed by atoms with Crippen LogP contribution in [0.25, 0.3) is 0 Å². The summed E-state index contributed by atoms with van der Waals surface area (Å²) >= 11 is 0. The number of aryl methyl sites for hydroxylation is 1. The number of hydrogen-bond acceptors (Lipinski definition) is 5. The van der Waals surface area contributed by atoms with Gasteiger partial charge in [-0.3, -0.25) is 4.90 Å². The SMILES string of the molecule is COc1ccc(CCCN2Cc3cc(OC)c(OC)cc3C3(CCCCC3)C2)cc1OC.Cl. The molecular formula is C27H38ClNO4. The highest BCUT2D eigenvalue weighted by atomic mass is 35.5. The molecule has 6 heteroatoms. The number of nitrogens with zero attached hydrogens (tertiary/aromatic N) is 1. The molecular weight excluding hydrogens is 438 g/mol. The van der Waals surface area contributed by atoms with E-state index in [9.17, 15) is 0 Å². The van der Waals surface area contributed by atoms with Gasteiger partial charge in [-0.2, -0.15) is 0 Å². The molecule has 1 aliphatic carbocycles. The number of rotatable bonds is 8. The number of fused-ring (bicyclic) bond motifs is 2. The molecule has 0 atom stereocenters. The Bertz CT molecular complexity index is 927. The van der Waals surface area contributed by atoms with Gasteiger partial charge in [0.1, 0.15) is 0 Å². The molecule has 2 aromatic rings. The zero-order valence-electron chi connectivity index (χ0n) is 20.4. The second-order valence-corrected chi connectivity index (χ2v) is 9.21. The molecule has 4 rings (SSSR count). The minimum Gasteiger partial charge on any atom is -0.493 e. The lowest BCUT2D eigenvalue weighted by atomic mass is 9.66. The topological polar surface area (TPSA) is 40.2 Å². The predicted octanol–water partition coefficient (Wildman–Crippen LogP) is 5.79. The summed E-state index contributed by atoms with van der Waals surface area (Å²) < 4.78 is 22.1. The summed E-state index contributed by atoms with van der Waals surface area (Å²) in [7, 11) is 6.84. The van der Waals surface area contributed by atoms with Crippen LogP contribution in [0.15, 0.2) is 30.3 Å². The lowest BCUT2D eigenvalue weighted by Gasteiger charge is -2.47. The third-order valence-corrected chi connectivity index (χ3v) is 7.30. The average molecular weight is 476 g/mol. The van der Waals surface area contributed by atoms with Crippen molar-refractivity contribution in [1.82, 2.24) is 4.90 Å². The molecule has 1 heterocycles. The summed E-state index contributed by atoms with van der Waals surface area (Å²) in [5.41, 5.74) is 4.43. The predicted molar refractivity (Wildman–Crippen MR) is 135 cm³/mol. The normalized spacial score (nSPS) is 17.1. The van der Waals surface area contributed by atoms with Gasteiger partial charge in [-0.05, 0) is 73.2 Å². The maximum Gasteiger partial charge on any atom is 0.161 e. The van der Waals surface area contributed by atoms with Crippen molar-refractivity contribution >= 4 is 12.4 Å². The van der Waals surface area contributed by atoms with Crippen molar-refractivity contribution in [3.8, 4) is 23.0 Å². The molecule has 0 unspecified atom stereocenters. The van der Waals surface area contributed by atoms with E-state index in [4.69, 9.17) is 18.9 Å². The van der Waals surface area contributed by atoms with Gasteiger partial charge in [0.25, 0.3) is 0 Å². The van der Waals surface area contributed by atoms with Crippen molar-refractivity contribution in [1.29, 1.82) is 0 Å². The van der Waals surface area contributed by atoms with Gasteiger partial charge in [0.2, 0.25) is 0 Å². The molecule has 1 aliphatic heterocycles. The van der Waals surface area contributed by atoms with Crippen LogP contribution in [0.2, 0.25) is 0 Å². The molecule has 0 radical (unpaired) electrons. The van der Waals surface area contributed by atoms with Crippen LogP contribution in [0.5, 0.6) is 23.0 Å². The zero-order valence-corrected chi connectivity index (χ0v) is 21.3. The van der Waals surface area contributed by atoms with Gasteiger partial charge >= 0.3 is 0 Å². The lowest BCUT2D eigenvalue weighted by molar-refractivity contribution is 0.139. The van der Waals surface area contributed by atoms with Crippen LogP contribution in [0.3, 0.4) is 0 Å². The fourth-order valence-corrected chi connectivity index (χ4v) is 5.71. The molecule has 0 bridgehead atoms.